The number of hydrogen-bond acceptors (Lipinski definition) is 4. The first-order valence-corrected chi connectivity index (χ1v) is 10.2. The van der Waals surface area contributed by atoms with Gasteiger partial charge < -0.3 is 15.5 Å². The Balaban J connectivity index is 1.38. The van der Waals surface area contributed by atoms with Crippen molar-refractivity contribution in [2.75, 3.05) is 25.5 Å². The molecule has 1 aromatic heterocycles. The third kappa shape index (κ3) is 3.63. The fraction of sp³-hybridized carbons (Fsp3) is 0.478. The number of aromatic nitrogens is 1. The molecule has 1 aliphatic carbocycles. The van der Waals surface area contributed by atoms with Crippen molar-refractivity contribution in [1.82, 2.24) is 15.2 Å². The lowest BCUT2D eigenvalue weighted by atomic mass is 9.83. The Labute approximate surface area is 167 Å². The highest BCUT2D eigenvalue weighted by atomic mass is 16.2. The third-order valence-electron chi connectivity index (χ3n) is 6.36. The van der Waals surface area contributed by atoms with Gasteiger partial charge in [0, 0.05) is 25.0 Å². The predicted octanol–water partition coefficient (Wildman–Crippen LogP) is 2.96. The minimum absolute atomic E-state index is 0.0806. The van der Waals surface area contributed by atoms with E-state index in [9.17, 15) is 4.79 Å². The van der Waals surface area contributed by atoms with Gasteiger partial charge in [-0.25, -0.2) is 0 Å². The lowest BCUT2D eigenvalue weighted by molar-refractivity contribution is -0.134. The van der Waals surface area contributed by atoms with Gasteiger partial charge in [-0.2, -0.15) is 0 Å². The molecular formula is C23H30N4O. The first kappa shape index (κ1) is 18.9. The van der Waals surface area contributed by atoms with E-state index in [2.05, 4.69) is 59.8 Å². The molecule has 1 aliphatic heterocycles. The summed E-state index contributed by atoms with van der Waals surface area (Å²) in [5, 5.41) is 6.93. The second kappa shape index (κ2) is 7.55. The van der Waals surface area contributed by atoms with Crippen molar-refractivity contribution in [3.63, 3.8) is 0 Å². The molecule has 1 amide bonds. The maximum Gasteiger partial charge on any atom is 0.227 e. The number of carbonyl (C=O) groups is 1. The van der Waals surface area contributed by atoms with Crippen LogP contribution in [0.25, 0.3) is 0 Å². The van der Waals surface area contributed by atoms with Crippen molar-refractivity contribution in [3.05, 3.63) is 59.4 Å². The van der Waals surface area contributed by atoms with Crippen LogP contribution in [0, 0.1) is 5.92 Å². The Hall–Kier alpha value is -2.40. The first-order valence-electron chi connectivity index (χ1n) is 10.2. The molecule has 1 fully saturated rings. The van der Waals surface area contributed by atoms with E-state index in [0.29, 0.717) is 12.6 Å². The molecule has 2 N–H and O–H groups in total. The summed E-state index contributed by atoms with van der Waals surface area (Å²) in [5.74, 6) is 0.316. The maximum atomic E-state index is 12.5. The maximum absolute atomic E-state index is 12.5. The van der Waals surface area contributed by atoms with Crippen molar-refractivity contribution in [3.8, 4) is 0 Å². The van der Waals surface area contributed by atoms with Crippen molar-refractivity contribution >= 4 is 11.6 Å². The van der Waals surface area contributed by atoms with Crippen molar-refractivity contribution in [2.45, 2.75) is 44.7 Å². The van der Waals surface area contributed by atoms with E-state index in [1.807, 2.05) is 19.3 Å². The Bertz CT molecular complexity index is 840. The summed E-state index contributed by atoms with van der Waals surface area (Å²) in [6.07, 6.45) is 3.85. The summed E-state index contributed by atoms with van der Waals surface area (Å²) >= 11 is 0. The fourth-order valence-electron chi connectivity index (χ4n) is 4.52. The number of nitrogens with zero attached hydrogens (tertiary/aromatic N) is 2. The number of fused-ring (bicyclic) bond motifs is 1. The number of anilines is 1. The van der Waals surface area contributed by atoms with Crippen LogP contribution >= 0.6 is 0 Å². The number of benzene rings is 1. The van der Waals surface area contributed by atoms with Crippen LogP contribution in [0.1, 0.15) is 37.1 Å². The number of rotatable bonds is 5. The van der Waals surface area contributed by atoms with Crippen molar-refractivity contribution in [2.24, 2.45) is 5.92 Å². The van der Waals surface area contributed by atoms with Gasteiger partial charge in [0.15, 0.2) is 0 Å². The highest BCUT2D eigenvalue weighted by Crippen LogP contribution is 2.39. The molecule has 2 aliphatic rings. The largest absolute Gasteiger partial charge is 0.380 e. The van der Waals surface area contributed by atoms with Crippen LogP contribution in [-0.4, -0.2) is 42.0 Å². The smallest absolute Gasteiger partial charge is 0.227 e. The van der Waals surface area contributed by atoms with Crippen LogP contribution in [0.15, 0.2) is 42.6 Å². The summed E-state index contributed by atoms with van der Waals surface area (Å²) in [5.41, 5.74) is 4.89. The number of carbonyl (C=O) groups excluding carboxylic acids is 1. The summed E-state index contributed by atoms with van der Waals surface area (Å²) in [6.45, 7) is 6.88. The number of amides is 1. The molecule has 5 nitrogen and oxygen atoms in total. The number of hydrogen-bond donors (Lipinski definition) is 2. The van der Waals surface area contributed by atoms with Crippen LogP contribution in [0.4, 0.5) is 5.69 Å². The van der Waals surface area contributed by atoms with E-state index in [0.717, 1.165) is 37.3 Å². The van der Waals surface area contributed by atoms with E-state index >= 15 is 0 Å². The second-order valence-corrected chi connectivity index (χ2v) is 8.70. The van der Waals surface area contributed by atoms with E-state index in [1.54, 1.807) is 4.90 Å². The topological polar surface area (TPSA) is 57.3 Å². The highest BCUT2D eigenvalue weighted by molar-refractivity contribution is 5.79. The summed E-state index contributed by atoms with van der Waals surface area (Å²) < 4.78 is 0. The first-order chi connectivity index (χ1) is 13.4. The van der Waals surface area contributed by atoms with E-state index in [-0.39, 0.29) is 17.2 Å². The SMILES string of the molecule is CN(Cc1ccc(NC2Cc3ccccc3C2(C)C)cn1)C(=O)C1CCNC1. The van der Waals surface area contributed by atoms with Gasteiger partial charge in [0.25, 0.3) is 0 Å². The summed E-state index contributed by atoms with van der Waals surface area (Å²) in [6, 6.07) is 13.2. The Morgan fingerprint density at radius 2 is 2.11 bits per heavy atom. The zero-order chi connectivity index (χ0) is 19.7. The molecule has 148 valence electrons. The summed E-state index contributed by atoms with van der Waals surface area (Å²) in [4.78, 5) is 18.9. The van der Waals surface area contributed by atoms with E-state index < -0.39 is 0 Å². The molecule has 0 bridgehead atoms. The zero-order valence-corrected chi connectivity index (χ0v) is 17.0. The fourth-order valence-corrected chi connectivity index (χ4v) is 4.52. The van der Waals surface area contributed by atoms with Crippen LogP contribution in [0.5, 0.6) is 0 Å². The van der Waals surface area contributed by atoms with E-state index in [4.69, 9.17) is 0 Å². The second-order valence-electron chi connectivity index (χ2n) is 8.70. The van der Waals surface area contributed by atoms with Crippen LogP contribution in [0.3, 0.4) is 0 Å². The molecule has 2 unspecified atom stereocenters. The Morgan fingerprint density at radius 1 is 1.29 bits per heavy atom. The minimum atomic E-state index is 0.0806. The number of nitrogens with one attached hydrogen (secondary N) is 2. The van der Waals surface area contributed by atoms with Gasteiger partial charge in [-0.05, 0) is 42.6 Å². The lowest BCUT2D eigenvalue weighted by Gasteiger charge is -2.30. The Kier molecular flexibility index (Phi) is 5.11. The molecule has 2 atom stereocenters. The molecule has 0 radical (unpaired) electrons. The highest BCUT2D eigenvalue weighted by Gasteiger charge is 2.39. The predicted molar refractivity (Wildman–Crippen MR) is 112 cm³/mol. The van der Waals surface area contributed by atoms with Gasteiger partial charge in [-0.3, -0.25) is 9.78 Å². The van der Waals surface area contributed by atoms with Crippen LogP contribution in [0.2, 0.25) is 0 Å². The molecule has 2 heterocycles. The average Bonchev–Trinajstić information content (AvgIpc) is 3.30. The van der Waals surface area contributed by atoms with Crippen LogP contribution in [-0.2, 0) is 23.2 Å². The molecule has 1 saturated heterocycles. The van der Waals surface area contributed by atoms with Gasteiger partial charge in [0.2, 0.25) is 5.91 Å². The molecule has 4 rings (SSSR count). The summed E-state index contributed by atoms with van der Waals surface area (Å²) in [7, 11) is 1.87. The van der Waals surface area contributed by atoms with Gasteiger partial charge in [0.1, 0.15) is 0 Å². The standard InChI is InChI=1S/C23H30N4O/c1-23(2)20-7-5-4-6-16(20)12-21(23)26-18-8-9-19(25-14-18)15-27(3)22(28)17-10-11-24-13-17/h4-9,14,17,21,24,26H,10-13,15H2,1-3H3. The molecular weight excluding hydrogens is 348 g/mol. The molecule has 28 heavy (non-hydrogen) atoms. The molecule has 2 aromatic rings. The van der Waals surface area contributed by atoms with Gasteiger partial charge in [-0.15, -0.1) is 0 Å². The minimum Gasteiger partial charge on any atom is -0.380 e. The van der Waals surface area contributed by atoms with Gasteiger partial charge in [-0.1, -0.05) is 38.1 Å². The van der Waals surface area contributed by atoms with Gasteiger partial charge in [0.05, 0.1) is 30.0 Å². The lowest BCUT2D eigenvalue weighted by Crippen LogP contribution is -2.36. The normalized spacial score (nSPS) is 22.7. The third-order valence-corrected chi connectivity index (χ3v) is 6.36. The molecule has 5 heteroatoms. The molecule has 0 spiro atoms. The number of pyridine rings is 1. The average molecular weight is 379 g/mol. The van der Waals surface area contributed by atoms with Crippen molar-refractivity contribution in [1.29, 1.82) is 0 Å². The van der Waals surface area contributed by atoms with Crippen LogP contribution < -0.4 is 10.6 Å². The van der Waals surface area contributed by atoms with Crippen molar-refractivity contribution < 1.29 is 4.79 Å². The Morgan fingerprint density at radius 3 is 2.79 bits per heavy atom. The quantitative estimate of drug-likeness (QED) is 0.840. The van der Waals surface area contributed by atoms with Gasteiger partial charge >= 0.3 is 0 Å². The molecule has 1 aromatic carbocycles. The molecule has 0 saturated carbocycles. The monoisotopic (exact) mass is 378 g/mol. The van der Waals surface area contributed by atoms with E-state index in [1.165, 1.54) is 11.1 Å². The zero-order valence-electron chi connectivity index (χ0n) is 17.0.